The summed E-state index contributed by atoms with van der Waals surface area (Å²) in [5, 5.41) is 0. The SMILES string of the molecule is C=CC(=O)N1Cc2cc(OC)ccc2[C@H](c2ccccc2)C1. The third-order valence-electron chi connectivity index (χ3n) is 4.18. The molecule has 0 fully saturated rings. The lowest BCUT2D eigenvalue weighted by atomic mass is 9.84. The van der Waals surface area contributed by atoms with E-state index in [2.05, 4.69) is 24.8 Å². The van der Waals surface area contributed by atoms with Crippen LogP contribution in [-0.2, 0) is 11.3 Å². The van der Waals surface area contributed by atoms with Gasteiger partial charge in [-0.2, -0.15) is 0 Å². The quantitative estimate of drug-likeness (QED) is 0.812. The molecule has 1 amide bonds. The van der Waals surface area contributed by atoms with Gasteiger partial charge in [-0.1, -0.05) is 43.0 Å². The lowest BCUT2D eigenvalue weighted by molar-refractivity contribution is -0.127. The van der Waals surface area contributed by atoms with Crippen molar-refractivity contribution in [3.8, 4) is 5.75 Å². The van der Waals surface area contributed by atoms with Gasteiger partial charge in [-0.05, 0) is 34.9 Å². The number of rotatable bonds is 3. The lowest BCUT2D eigenvalue weighted by Gasteiger charge is -2.34. The highest BCUT2D eigenvalue weighted by Crippen LogP contribution is 2.35. The fourth-order valence-electron chi connectivity index (χ4n) is 3.04. The Morgan fingerprint density at radius 1 is 1.27 bits per heavy atom. The van der Waals surface area contributed by atoms with Crippen LogP contribution in [0.5, 0.6) is 5.75 Å². The summed E-state index contributed by atoms with van der Waals surface area (Å²) in [5.41, 5.74) is 3.62. The molecule has 1 atom stereocenters. The number of methoxy groups -OCH3 is 1. The number of hydrogen-bond acceptors (Lipinski definition) is 2. The van der Waals surface area contributed by atoms with Crippen LogP contribution in [0.2, 0.25) is 0 Å². The van der Waals surface area contributed by atoms with Crippen molar-refractivity contribution in [2.75, 3.05) is 13.7 Å². The number of fused-ring (bicyclic) bond motifs is 1. The molecule has 0 aliphatic carbocycles. The van der Waals surface area contributed by atoms with Crippen LogP contribution in [0.1, 0.15) is 22.6 Å². The van der Waals surface area contributed by atoms with E-state index in [0.29, 0.717) is 13.1 Å². The van der Waals surface area contributed by atoms with E-state index in [-0.39, 0.29) is 11.8 Å². The minimum atomic E-state index is -0.0330. The largest absolute Gasteiger partial charge is 0.497 e. The van der Waals surface area contributed by atoms with Crippen molar-refractivity contribution in [2.24, 2.45) is 0 Å². The Balaban J connectivity index is 2.06. The summed E-state index contributed by atoms with van der Waals surface area (Å²) < 4.78 is 5.32. The Bertz CT molecular complexity index is 694. The molecule has 0 aromatic heterocycles. The van der Waals surface area contributed by atoms with Crippen LogP contribution >= 0.6 is 0 Å². The second kappa shape index (κ2) is 6.06. The fourth-order valence-corrected chi connectivity index (χ4v) is 3.04. The summed E-state index contributed by atoms with van der Waals surface area (Å²) in [4.78, 5) is 13.9. The van der Waals surface area contributed by atoms with Crippen molar-refractivity contribution < 1.29 is 9.53 Å². The van der Waals surface area contributed by atoms with E-state index in [1.54, 1.807) is 7.11 Å². The van der Waals surface area contributed by atoms with Gasteiger partial charge in [0.15, 0.2) is 0 Å². The first kappa shape index (κ1) is 14.4. The molecule has 22 heavy (non-hydrogen) atoms. The summed E-state index contributed by atoms with van der Waals surface area (Å²) in [6.45, 7) is 4.88. The average Bonchev–Trinajstić information content (AvgIpc) is 2.60. The predicted molar refractivity (Wildman–Crippen MR) is 86.9 cm³/mol. The van der Waals surface area contributed by atoms with E-state index in [1.807, 2.05) is 35.2 Å². The molecule has 112 valence electrons. The van der Waals surface area contributed by atoms with Crippen LogP contribution in [0.25, 0.3) is 0 Å². The molecule has 0 unspecified atom stereocenters. The molecular weight excluding hydrogens is 274 g/mol. The highest BCUT2D eigenvalue weighted by molar-refractivity contribution is 5.87. The third kappa shape index (κ3) is 2.62. The van der Waals surface area contributed by atoms with Gasteiger partial charge >= 0.3 is 0 Å². The Hall–Kier alpha value is -2.55. The first-order valence-electron chi connectivity index (χ1n) is 7.36. The van der Waals surface area contributed by atoms with Gasteiger partial charge in [0.25, 0.3) is 0 Å². The van der Waals surface area contributed by atoms with Gasteiger partial charge in [-0.25, -0.2) is 0 Å². The van der Waals surface area contributed by atoms with Crippen LogP contribution < -0.4 is 4.74 Å². The molecule has 3 rings (SSSR count). The van der Waals surface area contributed by atoms with Crippen molar-refractivity contribution in [2.45, 2.75) is 12.5 Å². The maximum atomic E-state index is 12.1. The number of ether oxygens (including phenoxy) is 1. The smallest absolute Gasteiger partial charge is 0.246 e. The van der Waals surface area contributed by atoms with Gasteiger partial charge in [0.1, 0.15) is 5.75 Å². The number of carbonyl (C=O) groups is 1. The molecule has 0 N–H and O–H groups in total. The average molecular weight is 293 g/mol. The lowest BCUT2D eigenvalue weighted by Crippen LogP contribution is -2.37. The maximum absolute atomic E-state index is 12.1. The number of carbonyl (C=O) groups excluding carboxylic acids is 1. The fraction of sp³-hybridized carbons (Fsp3) is 0.211. The summed E-state index contributed by atoms with van der Waals surface area (Å²) in [7, 11) is 1.66. The maximum Gasteiger partial charge on any atom is 0.246 e. The summed E-state index contributed by atoms with van der Waals surface area (Å²) in [6, 6.07) is 16.4. The van der Waals surface area contributed by atoms with Crippen molar-refractivity contribution >= 4 is 5.91 Å². The minimum Gasteiger partial charge on any atom is -0.497 e. The Labute approximate surface area is 130 Å². The van der Waals surface area contributed by atoms with Crippen molar-refractivity contribution in [1.82, 2.24) is 4.90 Å². The highest BCUT2D eigenvalue weighted by Gasteiger charge is 2.28. The molecule has 1 heterocycles. The minimum absolute atomic E-state index is 0.0330. The van der Waals surface area contributed by atoms with Gasteiger partial charge in [-0.15, -0.1) is 0 Å². The number of nitrogens with zero attached hydrogens (tertiary/aromatic N) is 1. The molecule has 0 spiro atoms. The topological polar surface area (TPSA) is 29.5 Å². The first-order chi connectivity index (χ1) is 10.7. The zero-order valence-electron chi connectivity index (χ0n) is 12.7. The van der Waals surface area contributed by atoms with Crippen LogP contribution in [0.3, 0.4) is 0 Å². The zero-order valence-corrected chi connectivity index (χ0v) is 12.7. The molecule has 0 saturated heterocycles. The van der Waals surface area contributed by atoms with Crippen molar-refractivity contribution in [3.05, 3.63) is 77.9 Å². The van der Waals surface area contributed by atoms with Gasteiger partial charge in [0.05, 0.1) is 7.11 Å². The van der Waals surface area contributed by atoms with E-state index in [9.17, 15) is 4.79 Å². The normalized spacial score (nSPS) is 16.8. The molecule has 2 aromatic rings. The van der Waals surface area contributed by atoms with Gasteiger partial charge in [0, 0.05) is 19.0 Å². The van der Waals surface area contributed by atoms with E-state index < -0.39 is 0 Å². The molecule has 1 aliphatic rings. The van der Waals surface area contributed by atoms with E-state index >= 15 is 0 Å². The van der Waals surface area contributed by atoms with Gasteiger partial charge in [-0.3, -0.25) is 4.79 Å². The standard InChI is InChI=1S/C19H19NO2/c1-3-19(21)20-12-15-11-16(22-2)9-10-17(15)18(13-20)14-7-5-4-6-8-14/h3-11,18H,1,12-13H2,2H3/t18-/m0/s1. The van der Waals surface area contributed by atoms with Crippen molar-refractivity contribution in [1.29, 1.82) is 0 Å². The summed E-state index contributed by atoms with van der Waals surface area (Å²) in [6.07, 6.45) is 1.38. The Morgan fingerprint density at radius 2 is 2.05 bits per heavy atom. The predicted octanol–water partition coefficient (Wildman–Crippen LogP) is 3.36. The van der Waals surface area contributed by atoms with Gasteiger partial charge < -0.3 is 9.64 Å². The third-order valence-corrected chi connectivity index (χ3v) is 4.18. The molecule has 0 bridgehead atoms. The molecule has 1 aliphatic heterocycles. The van der Waals surface area contributed by atoms with E-state index in [0.717, 1.165) is 11.3 Å². The molecule has 0 saturated carbocycles. The zero-order chi connectivity index (χ0) is 15.5. The van der Waals surface area contributed by atoms with Crippen LogP contribution in [0.4, 0.5) is 0 Å². The van der Waals surface area contributed by atoms with Crippen LogP contribution in [0.15, 0.2) is 61.2 Å². The molecule has 0 radical (unpaired) electrons. The Kier molecular flexibility index (Phi) is 3.96. The molecule has 3 nitrogen and oxygen atoms in total. The number of benzene rings is 2. The second-order valence-electron chi connectivity index (χ2n) is 5.45. The number of amides is 1. The summed E-state index contributed by atoms with van der Waals surface area (Å²) in [5.74, 6) is 0.965. The summed E-state index contributed by atoms with van der Waals surface area (Å²) >= 11 is 0. The first-order valence-corrected chi connectivity index (χ1v) is 7.36. The Morgan fingerprint density at radius 3 is 2.73 bits per heavy atom. The van der Waals surface area contributed by atoms with Gasteiger partial charge in [0.2, 0.25) is 5.91 Å². The van der Waals surface area contributed by atoms with Crippen LogP contribution in [0, 0.1) is 0 Å². The number of hydrogen-bond donors (Lipinski definition) is 0. The monoisotopic (exact) mass is 293 g/mol. The molecular formula is C19H19NO2. The second-order valence-corrected chi connectivity index (χ2v) is 5.45. The van der Waals surface area contributed by atoms with E-state index in [1.165, 1.54) is 17.2 Å². The highest BCUT2D eigenvalue weighted by atomic mass is 16.5. The molecule has 2 aromatic carbocycles. The molecule has 3 heteroatoms. The van der Waals surface area contributed by atoms with Crippen LogP contribution in [-0.4, -0.2) is 24.5 Å². The van der Waals surface area contributed by atoms with E-state index in [4.69, 9.17) is 4.74 Å². The van der Waals surface area contributed by atoms with Crippen molar-refractivity contribution in [3.63, 3.8) is 0 Å².